The van der Waals surface area contributed by atoms with Crippen LogP contribution in [0.1, 0.15) is 43.6 Å². The number of rotatable bonds is 5. The van der Waals surface area contributed by atoms with Gasteiger partial charge in [0.1, 0.15) is 5.69 Å². The molecule has 0 aromatic carbocycles. The first-order valence-corrected chi connectivity index (χ1v) is 6.71. The SMILES string of the molecule is CCNC(=O)c1cc(NC(C)C2CCC2)ccn1. The number of nitrogens with zero attached hydrogens (tertiary/aromatic N) is 1. The zero-order chi connectivity index (χ0) is 13.0. The maximum absolute atomic E-state index is 11.7. The van der Waals surface area contributed by atoms with Crippen molar-refractivity contribution in [3.8, 4) is 0 Å². The fourth-order valence-corrected chi connectivity index (χ4v) is 2.22. The Morgan fingerprint density at radius 1 is 1.56 bits per heavy atom. The molecule has 1 aliphatic rings. The summed E-state index contributed by atoms with van der Waals surface area (Å²) in [5.74, 6) is 0.656. The summed E-state index contributed by atoms with van der Waals surface area (Å²) in [6.45, 7) is 4.73. The minimum atomic E-state index is -0.113. The lowest BCUT2D eigenvalue weighted by Crippen LogP contribution is -2.31. The molecule has 1 atom stereocenters. The molecule has 0 radical (unpaired) electrons. The third kappa shape index (κ3) is 3.00. The molecule has 0 saturated heterocycles. The number of anilines is 1. The average Bonchev–Trinajstić information content (AvgIpc) is 2.27. The number of hydrogen-bond acceptors (Lipinski definition) is 3. The van der Waals surface area contributed by atoms with Crippen molar-refractivity contribution in [1.29, 1.82) is 0 Å². The summed E-state index contributed by atoms with van der Waals surface area (Å²) >= 11 is 0. The second kappa shape index (κ2) is 5.85. The standard InChI is InChI=1S/C14H21N3O/c1-3-15-14(18)13-9-12(7-8-16-13)17-10(2)11-5-4-6-11/h7-11H,3-6H2,1-2H3,(H,15,18)(H,16,17). The molecule has 18 heavy (non-hydrogen) atoms. The minimum Gasteiger partial charge on any atom is -0.382 e. The highest BCUT2D eigenvalue weighted by Crippen LogP contribution is 2.30. The minimum absolute atomic E-state index is 0.113. The van der Waals surface area contributed by atoms with E-state index in [0.29, 0.717) is 18.3 Å². The van der Waals surface area contributed by atoms with Gasteiger partial charge in [-0.05, 0) is 44.7 Å². The normalized spacial score (nSPS) is 16.8. The summed E-state index contributed by atoms with van der Waals surface area (Å²) < 4.78 is 0. The highest BCUT2D eigenvalue weighted by Gasteiger charge is 2.23. The van der Waals surface area contributed by atoms with Crippen LogP contribution in [0.3, 0.4) is 0 Å². The van der Waals surface area contributed by atoms with Crippen LogP contribution in [0, 0.1) is 5.92 Å². The van der Waals surface area contributed by atoms with Crippen molar-refractivity contribution in [2.24, 2.45) is 5.92 Å². The van der Waals surface area contributed by atoms with Gasteiger partial charge >= 0.3 is 0 Å². The summed E-state index contributed by atoms with van der Waals surface area (Å²) in [6.07, 6.45) is 5.64. The molecule has 4 nitrogen and oxygen atoms in total. The van der Waals surface area contributed by atoms with Gasteiger partial charge in [-0.15, -0.1) is 0 Å². The van der Waals surface area contributed by atoms with Crippen LogP contribution in [-0.4, -0.2) is 23.5 Å². The maximum atomic E-state index is 11.7. The molecule has 1 heterocycles. The molecule has 1 amide bonds. The van der Waals surface area contributed by atoms with Crippen LogP contribution >= 0.6 is 0 Å². The molecule has 0 bridgehead atoms. The first kappa shape index (κ1) is 12.9. The zero-order valence-corrected chi connectivity index (χ0v) is 11.1. The van der Waals surface area contributed by atoms with E-state index in [1.165, 1.54) is 19.3 Å². The molecule has 1 unspecified atom stereocenters. The quantitative estimate of drug-likeness (QED) is 0.840. The Labute approximate surface area is 108 Å². The topological polar surface area (TPSA) is 54.0 Å². The smallest absolute Gasteiger partial charge is 0.269 e. The summed E-state index contributed by atoms with van der Waals surface area (Å²) in [5.41, 5.74) is 1.45. The van der Waals surface area contributed by atoms with E-state index >= 15 is 0 Å². The van der Waals surface area contributed by atoms with Crippen molar-refractivity contribution in [3.05, 3.63) is 24.0 Å². The molecule has 1 fully saturated rings. The first-order chi connectivity index (χ1) is 8.70. The molecule has 2 N–H and O–H groups in total. The third-order valence-electron chi connectivity index (χ3n) is 3.58. The van der Waals surface area contributed by atoms with Gasteiger partial charge in [0, 0.05) is 24.5 Å². The van der Waals surface area contributed by atoms with Gasteiger partial charge in [0.15, 0.2) is 0 Å². The van der Waals surface area contributed by atoms with E-state index in [1.807, 2.05) is 19.1 Å². The second-order valence-electron chi connectivity index (χ2n) is 4.91. The summed E-state index contributed by atoms with van der Waals surface area (Å²) in [6, 6.07) is 4.20. The van der Waals surface area contributed by atoms with E-state index in [9.17, 15) is 4.79 Å². The largest absolute Gasteiger partial charge is 0.382 e. The van der Waals surface area contributed by atoms with E-state index in [4.69, 9.17) is 0 Å². The summed E-state index contributed by atoms with van der Waals surface area (Å²) in [4.78, 5) is 15.8. The zero-order valence-electron chi connectivity index (χ0n) is 11.1. The maximum Gasteiger partial charge on any atom is 0.269 e. The van der Waals surface area contributed by atoms with E-state index in [1.54, 1.807) is 6.20 Å². The van der Waals surface area contributed by atoms with Gasteiger partial charge < -0.3 is 10.6 Å². The van der Waals surface area contributed by atoms with Crippen LogP contribution in [-0.2, 0) is 0 Å². The van der Waals surface area contributed by atoms with E-state index < -0.39 is 0 Å². The van der Waals surface area contributed by atoms with Crippen LogP contribution in [0.5, 0.6) is 0 Å². The number of carbonyl (C=O) groups excluding carboxylic acids is 1. The average molecular weight is 247 g/mol. The summed E-state index contributed by atoms with van der Waals surface area (Å²) in [7, 11) is 0. The molecule has 1 aromatic rings. The van der Waals surface area contributed by atoms with Crippen LogP contribution in [0.25, 0.3) is 0 Å². The Kier molecular flexibility index (Phi) is 4.18. The van der Waals surface area contributed by atoms with Gasteiger partial charge in [-0.1, -0.05) is 6.42 Å². The van der Waals surface area contributed by atoms with Crippen molar-refractivity contribution in [3.63, 3.8) is 0 Å². The molecular weight excluding hydrogens is 226 g/mol. The molecule has 4 heteroatoms. The highest BCUT2D eigenvalue weighted by molar-refractivity contribution is 5.93. The Morgan fingerprint density at radius 3 is 2.94 bits per heavy atom. The van der Waals surface area contributed by atoms with E-state index in [0.717, 1.165) is 11.6 Å². The van der Waals surface area contributed by atoms with Crippen molar-refractivity contribution in [1.82, 2.24) is 10.3 Å². The van der Waals surface area contributed by atoms with Gasteiger partial charge in [0.25, 0.3) is 5.91 Å². The number of aromatic nitrogens is 1. The Morgan fingerprint density at radius 2 is 2.33 bits per heavy atom. The van der Waals surface area contributed by atoms with Crippen molar-refractivity contribution < 1.29 is 4.79 Å². The van der Waals surface area contributed by atoms with E-state index in [2.05, 4.69) is 22.5 Å². The molecule has 1 aliphatic carbocycles. The number of carbonyl (C=O) groups is 1. The Hall–Kier alpha value is -1.58. The monoisotopic (exact) mass is 247 g/mol. The van der Waals surface area contributed by atoms with E-state index in [-0.39, 0.29) is 5.91 Å². The number of nitrogens with one attached hydrogen (secondary N) is 2. The third-order valence-corrected chi connectivity index (χ3v) is 3.58. The van der Waals surface area contributed by atoms with Gasteiger partial charge in [0.05, 0.1) is 0 Å². The highest BCUT2D eigenvalue weighted by atomic mass is 16.1. The second-order valence-corrected chi connectivity index (χ2v) is 4.91. The number of amides is 1. The number of pyridine rings is 1. The Bertz CT molecular complexity index is 415. The number of hydrogen-bond donors (Lipinski definition) is 2. The van der Waals surface area contributed by atoms with Gasteiger partial charge in [-0.25, -0.2) is 0 Å². The predicted octanol–water partition coefficient (Wildman–Crippen LogP) is 2.43. The first-order valence-electron chi connectivity index (χ1n) is 6.71. The van der Waals surface area contributed by atoms with Gasteiger partial charge in [-0.3, -0.25) is 9.78 Å². The Balaban J connectivity index is 2.00. The van der Waals surface area contributed by atoms with Crippen LogP contribution in [0.15, 0.2) is 18.3 Å². The molecule has 1 saturated carbocycles. The molecule has 1 aromatic heterocycles. The summed E-state index contributed by atoms with van der Waals surface area (Å²) in [5, 5.41) is 6.22. The molecular formula is C14H21N3O. The van der Waals surface area contributed by atoms with Crippen LogP contribution in [0.2, 0.25) is 0 Å². The molecule has 2 rings (SSSR count). The predicted molar refractivity (Wildman–Crippen MR) is 72.7 cm³/mol. The van der Waals surface area contributed by atoms with Crippen molar-refractivity contribution in [2.75, 3.05) is 11.9 Å². The lowest BCUT2D eigenvalue weighted by Gasteiger charge is -2.32. The fourth-order valence-electron chi connectivity index (χ4n) is 2.22. The van der Waals surface area contributed by atoms with Gasteiger partial charge in [-0.2, -0.15) is 0 Å². The van der Waals surface area contributed by atoms with Crippen molar-refractivity contribution in [2.45, 2.75) is 39.2 Å². The van der Waals surface area contributed by atoms with Gasteiger partial charge in [0.2, 0.25) is 0 Å². The molecule has 98 valence electrons. The van der Waals surface area contributed by atoms with Crippen LogP contribution < -0.4 is 10.6 Å². The van der Waals surface area contributed by atoms with Crippen LogP contribution in [0.4, 0.5) is 5.69 Å². The molecule has 0 aliphatic heterocycles. The molecule has 0 spiro atoms. The van der Waals surface area contributed by atoms with Crippen molar-refractivity contribution >= 4 is 11.6 Å². The lowest BCUT2D eigenvalue weighted by molar-refractivity contribution is 0.0951. The lowest BCUT2D eigenvalue weighted by atomic mass is 9.80. The fraction of sp³-hybridized carbons (Fsp3) is 0.571.